The molecule has 0 aliphatic heterocycles. The molecule has 0 radical (unpaired) electrons. The van der Waals surface area contributed by atoms with Crippen LogP contribution in [0, 0.1) is 13.8 Å². The summed E-state index contributed by atoms with van der Waals surface area (Å²) < 4.78 is 28.2. The zero-order valence-corrected chi connectivity index (χ0v) is 10.2. The fraction of sp³-hybridized carbons (Fsp3) is 0.600. The van der Waals surface area contributed by atoms with Crippen molar-refractivity contribution >= 4 is 10.0 Å². The van der Waals surface area contributed by atoms with Gasteiger partial charge in [-0.1, -0.05) is 0 Å². The Morgan fingerprint density at radius 2 is 2.00 bits per heavy atom. The molecular formula is C10H16N2O3S. The number of furan rings is 1. The molecule has 5 nitrogen and oxygen atoms in total. The second-order valence-corrected chi connectivity index (χ2v) is 5.72. The predicted molar refractivity (Wildman–Crippen MR) is 59.4 cm³/mol. The van der Waals surface area contributed by atoms with Gasteiger partial charge in [0, 0.05) is 18.2 Å². The Morgan fingerprint density at radius 3 is 2.50 bits per heavy atom. The number of nitrogens with one attached hydrogen (secondary N) is 1. The van der Waals surface area contributed by atoms with E-state index in [1.54, 1.807) is 13.8 Å². The van der Waals surface area contributed by atoms with Crippen LogP contribution in [0.3, 0.4) is 0 Å². The molecule has 0 saturated heterocycles. The van der Waals surface area contributed by atoms with E-state index in [4.69, 9.17) is 9.56 Å². The lowest BCUT2D eigenvalue weighted by molar-refractivity contribution is 0.493. The fourth-order valence-electron chi connectivity index (χ4n) is 1.82. The van der Waals surface area contributed by atoms with E-state index in [1.807, 2.05) is 0 Å². The molecule has 0 bridgehead atoms. The second kappa shape index (κ2) is 3.87. The minimum Gasteiger partial charge on any atom is -0.465 e. The van der Waals surface area contributed by atoms with Crippen LogP contribution < -0.4 is 10.5 Å². The van der Waals surface area contributed by atoms with E-state index in [0.29, 0.717) is 29.7 Å². The van der Waals surface area contributed by atoms with Crippen molar-refractivity contribution in [3.8, 4) is 0 Å². The maximum absolute atomic E-state index is 11.4. The normalized spacial score (nSPS) is 16.7. The van der Waals surface area contributed by atoms with Crippen LogP contribution >= 0.6 is 0 Å². The standard InChI is InChI=1S/C10H16N2O3S/c1-6-9(5-12-8-3-4-8)10(7(2)15-6)16(11,13)14/h8,12H,3-5H2,1-2H3,(H2,11,13,14). The lowest BCUT2D eigenvalue weighted by Crippen LogP contribution is -2.20. The number of rotatable bonds is 4. The summed E-state index contributed by atoms with van der Waals surface area (Å²) in [6.45, 7) is 3.87. The summed E-state index contributed by atoms with van der Waals surface area (Å²) in [4.78, 5) is 0.137. The maximum atomic E-state index is 11.4. The van der Waals surface area contributed by atoms with Crippen molar-refractivity contribution in [1.82, 2.24) is 5.32 Å². The summed E-state index contributed by atoms with van der Waals surface area (Å²) in [6.07, 6.45) is 2.31. The lowest BCUT2D eigenvalue weighted by Gasteiger charge is -2.04. The maximum Gasteiger partial charge on any atom is 0.241 e. The van der Waals surface area contributed by atoms with Crippen molar-refractivity contribution in [1.29, 1.82) is 0 Å². The Kier molecular flexibility index (Phi) is 2.81. The minimum atomic E-state index is -3.70. The van der Waals surface area contributed by atoms with Gasteiger partial charge in [-0.3, -0.25) is 0 Å². The van der Waals surface area contributed by atoms with Gasteiger partial charge >= 0.3 is 0 Å². The average Bonchev–Trinajstić information content (AvgIpc) is 2.88. The van der Waals surface area contributed by atoms with E-state index in [0.717, 1.165) is 12.8 Å². The SMILES string of the molecule is Cc1oc(C)c(S(N)(=O)=O)c1CNC1CC1. The van der Waals surface area contributed by atoms with Gasteiger partial charge in [0.25, 0.3) is 0 Å². The third-order valence-electron chi connectivity index (χ3n) is 2.75. The van der Waals surface area contributed by atoms with Gasteiger partial charge in [-0.15, -0.1) is 0 Å². The highest BCUT2D eigenvalue weighted by Gasteiger charge is 2.26. The summed E-state index contributed by atoms with van der Waals surface area (Å²) >= 11 is 0. The number of hydrogen-bond acceptors (Lipinski definition) is 4. The first kappa shape index (κ1) is 11.6. The minimum absolute atomic E-state index is 0.137. The molecule has 6 heteroatoms. The third-order valence-corrected chi connectivity index (χ3v) is 3.86. The molecule has 90 valence electrons. The van der Waals surface area contributed by atoms with Crippen LogP contribution in [0.1, 0.15) is 29.9 Å². The first-order valence-corrected chi connectivity index (χ1v) is 6.79. The Balaban J connectivity index is 2.33. The van der Waals surface area contributed by atoms with E-state index in [2.05, 4.69) is 5.32 Å². The predicted octanol–water partition coefficient (Wildman–Crippen LogP) is 0.796. The highest BCUT2D eigenvalue weighted by Crippen LogP contribution is 2.27. The zero-order chi connectivity index (χ0) is 11.9. The largest absolute Gasteiger partial charge is 0.465 e. The third kappa shape index (κ3) is 2.28. The van der Waals surface area contributed by atoms with E-state index in [1.165, 1.54) is 0 Å². The first-order chi connectivity index (χ1) is 7.39. The van der Waals surface area contributed by atoms with Crippen LogP contribution in [0.5, 0.6) is 0 Å². The number of primary sulfonamides is 1. The monoisotopic (exact) mass is 244 g/mol. The van der Waals surface area contributed by atoms with Gasteiger partial charge in [0.2, 0.25) is 10.0 Å². The Hall–Kier alpha value is -0.850. The topological polar surface area (TPSA) is 85.3 Å². The quantitative estimate of drug-likeness (QED) is 0.820. The summed E-state index contributed by atoms with van der Waals surface area (Å²) in [7, 11) is -3.70. The molecule has 1 aliphatic carbocycles. The molecule has 3 N–H and O–H groups in total. The fourth-order valence-corrected chi connectivity index (χ4v) is 2.82. The Labute approximate surface area is 95.1 Å². The van der Waals surface area contributed by atoms with E-state index >= 15 is 0 Å². The second-order valence-electron chi connectivity index (χ2n) is 4.22. The van der Waals surface area contributed by atoms with Crippen LogP contribution in [0.25, 0.3) is 0 Å². The average molecular weight is 244 g/mol. The van der Waals surface area contributed by atoms with Crippen LogP contribution in [-0.4, -0.2) is 14.5 Å². The Morgan fingerprint density at radius 1 is 1.38 bits per heavy atom. The molecule has 0 unspecified atom stereocenters. The van der Waals surface area contributed by atoms with Crippen LogP contribution in [0.15, 0.2) is 9.31 Å². The smallest absolute Gasteiger partial charge is 0.241 e. The molecule has 1 heterocycles. The van der Waals surface area contributed by atoms with E-state index in [9.17, 15) is 8.42 Å². The number of sulfonamides is 1. The molecule has 0 aromatic carbocycles. The molecule has 16 heavy (non-hydrogen) atoms. The van der Waals surface area contributed by atoms with Crippen LogP contribution in [-0.2, 0) is 16.6 Å². The van der Waals surface area contributed by atoms with Gasteiger partial charge in [0.15, 0.2) is 0 Å². The zero-order valence-electron chi connectivity index (χ0n) is 9.41. The highest BCUT2D eigenvalue weighted by molar-refractivity contribution is 7.89. The summed E-state index contributed by atoms with van der Waals surface area (Å²) in [6, 6.07) is 0.517. The van der Waals surface area contributed by atoms with Gasteiger partial charge in [-0.25, -0.2) is 13.6 Å². The number of hydrogen-bond donors (Lipinski definition) is 2. The Bertz CT molecular complexity index is 500. The molecule has 1 aromatic rings. The van der Waals surface area contributed by atoms with Crippen molar-refractivity contribution in [3.63, 3.8) is 0 Å². The molecule has 0 atom stereocenters. The molecular weight excluding hydrogens is 228 g/mol. The molecule has 1 saturated carbocycles. The molecule has 1 aromatic heterocycles. The van der Waals surface area contributed by atoms with Gasteiger partial charge in [-0.2, -0.15) is 0 Å². The van der Waals surface area contributed by atoms with Gasteiger partial charge < -0.3 is 9.73 Å². The van der Waals surface area contributed by atoms with E-state index < -0.39 is 10.0 Å². The first-order valence-electron chi connectivity index (χ1n) is 5.24. The van der Waals surface area contributed by atoms with Gasteiger partial charge in [-0.05, 0) is 26.7 Å². The summed E-state index contributed by atoms with van der Waals surface area (Å²) in [5.41, 5.74) is 0.659. The molecule has 0 amide bonds. The molecule has 2 rings (SSSR count). The van der Waals surface area contributed by atoms with Crippen molar-refractivity contribution in [2.45, 2.75) is 44.2 Å². The molecule has 0 spiro atoms. The van der Waals surface area contributed by atoms with Crippen molar-refractivity contribution in [2.75, 3.05) is 0 Å². The van der Waals surface area contributed by atoms with Crippen molar-refractivity contribution in [3.05, 3.63) is 17.1 Å². The molecule has 1 aliphatic rings. The van der Waals surface area contributed by atoms with Gasteiger partial charge in [0.05, 0.1) is 0 Å². The lowest BCUT2D eigenvalue weighted by atomic mass is 10.2. The van der Waals surface area contributed by atoms with Crippen molar-refractivity contribution in [2.24, 2.45) is 5.14 Å². The highest BCUT2D eigenvalue weighted by atomic mass is 32.2. The van der Waals surface area contributed by atoms with Crippen LogP contribution in [0.2, 0.25) is 0 Å². The summed E-state index contributed by atoms with van der Waals surface area (Å²) in [5.74, 6) is 0.988. The summed E-state index contributed by atoms with van der Waals surface area (Å²) in [5, 5.41) is 8.44. The van der Waals surface area contributed by atoms with E-state index in [-0.39, 0.29) is 4.90 Å². The number of nitrogens with two attached hydrogens (primary N) is 1. The number of aryl methyl sites for hydroxylation is 2. The van der Waals surface area contributed by atoms with Gasteiger partial charge in [0.1, 0.15) is 16.4 Å². The van der Waals surface area contributed by atoms with Crippen molar-refractivity contribution < 1.29 is 12.8 Å². The van der Waals surface area contributed by atoms with Crippen LogP contribution in [0.4, 0.5) is 0 Å². The molecule has 1 fully saturated rings.